The second-order valence-corrected chi connectivity index (χ2v) is 10.9. The Hall–Kier alpha value is -2.88. The van der Waals surface area contributed by atoms with Crippen LogP contribution in [-0.4, -0.2) is 54.8 Å². The summed E-state index contributed by atoms with van der Waals surface area (Å²) in [5.74, 6) is -0.891. The Balaban J connectivity index is 0.000000187. The summed E-state index contributed by atoms with van der Waals surface area (Å²) in [6.45, 7) is 4.36. The third-order valence-electron chi connectivity index (χ3n) is 7.43. The molecular weight excluding hydrogens is 562 g/mol. The normalized spacial score (nSPS) is 18.6. The minimum atomic E-state index is -0.288. The van der Waals surface area contributed by atoms with Crippen LogP contribution < -0.4 is 16.0 Å². The second kappa shape index (κ2) is 14.0. The van der Waals surface area contributed by atoms with Gasteiger partial charge in [-0.2, -0.15) is 0 Å². The van der Waals surface area contributed by atoms with Gasteiger partial charge in [0, 0.05) is 23.8 Å². The average Bonchev–Trinajstić information content (AvgIpc) is 3.42. The molecule has 2 aromatic rings. The maximum Gasteiger partial charge on any atom is 0.259 e. The van der Waals surface area contributed by atoms with Crippen molar-refractivity contribution in [2.45, 2.75) is 63.8 Å². The number of aryl methyl sites for hydroxylation is 1. The number of morpholine rings is 1. The molecule has 4 amide bonds. The minimum Gasteiger partial charge on any atom is -0.378 e. The number of carbonyl (C=O) groups excluding carboxylic acids is 4. The van der Waals surface area contributed by atoms with E-state index in [0.717, 1.165) is 74.6 Å². The number of fused-ring (bicyclic) bond motifs is 2. The maximum atomic E-state index is 12.2. The number of carbonyl (C=O) groups is 4. The molecule has 39 heavy (non-hydrogen) atoms. The summed E-state index contributed by atoms with van der Waals surface area (Å²) in [6.07, 6.45) is 7.34. The molecule has 3 aliphatic rings. The summed E-state index contributed by atoms with van der Waals surface area (Å²) >= 11 is 3.39. The molecule has 2 atom stereocenters. The molecule has 8 nitrogen and oxygen atoms in total. The molecule has 208 valence electrons. The first kappa shape index (κ1) is 29.1. The Bertz CT molecular complexity index is 1230. The summed E-state index contributed by atoms with van der Waals surface area (Å²) in [5, 5.41) is 9.26. The van der Waals surface area contributed by atoms with Gasteiger partial charge in [-0.05, 0) is 48.9 Å². The molecule has 3 N–H and O–H groups in total. The van der Waals surface area contributed by atoms with E-state index in [4.69, 9.17) is 4.74 Å². The van der Waals surface area contributed by atoms with Crippen LogP contribution in [0.4, 0.5) is 0 Å². The molecule has 0 bridgehead atoms. The molecule has 9 heteroatoms. The summed E-state index contributed by atoms with van der Waals surface area (Å²) < 4.78 is 5.60. The zero-order valence-electron chi connectivity index (χ0n) is 22.3. The van der Waals surface area contributed by atoms with E-state index in [1.165, 1.54) is 0 Å². The molecule has 0 aromatic heterocycles. The molecule has 3 heterocycles. The number of benzene rings is 2. The lowest BCUT2D eigenvalue weighted by Crippen LogP contribution is -2.45. The third-order valence-corrected chi connectivity index (χ3v) is 7.99. The topological polar surface area (TPSA) is 114 Å². The van der Waals surface area contributed by atoms with Gasteiger partial charge in [0.15, 0.2) is 0 Å². The Morgan fingerprint density at radius 3 is 2.23 bits per heavy atom. The predicted molar refractivity (Wildman–Crippen MR) is 153 cm³/mol. The highest BCUT2D eigenvalue weighted by Gasteiger charge is 2.34. The van der Waals surface area contributed by atoms with Crippen molar-refractivity contribution in [2.24, 2.45) is 0 Å². The van der Waals surface area contributed by atoms with Crippen LogP contribution in [0.1, 0.15) is 104 Å². The highest BCUT2D eigenvalue weighted by molar-refractivity contribution is 9.09. The molecule has 2 aromatic carbocycles. The number of unbranched alkanes of at least 4 members (excludes halogenated alkanes) is 3. The van der Waals surface area contributed by atoms with Crippen molar-refractivity contribution in [3.05, 3.63) is 69.8 Å². The molecule has 0 spiro atoms. The zero-order chi connectivity index (χ0) is 27.8. The molecule has 3 aliphatic heterocycles. The predicted octanol–water partition coefficient (Wildman–Crippen LogP) is 4.51. The largest absolute Gasteiger partial charge is 0.378 e. The Kier molecular flexibility index (Phi) is 10.4. The number of alkyl halides is 1. The van der Waals surface area contributed by atoms with E-state index in [2.05, 4.69) is 38.8 Å². The molecule has 0 aliphatic carbocycles. The van der Waals surface area contributed by atoms with Crippen molar-refractivity contribution in [2.75, 3.05) is 25.1 Å². The molecule has 2 unspecified atom stereocenters. The highest BCUT2D eigenvalue weighted by Crippen LogP contribution is 2.33. The van der Waals surface area contributed by atoms with E-state index in [0.29, 0.717) is 28.9 Å². The van der Waals surface area contributed by atoms with Gasteiger partial charge in [-0.3, -0.25) is 29.8 Å². The summed E-state index contributed by atoms with van der Waals surface area (Å²) in [7, 11) is 0. The Morgan fingerprint density at radius 1 is 0.872 bits per heavy atom. The van der Waals surface area contributed by atoms with Gasteiger partial charge in [-0.1, -0.05) is 66.4 Å². The Labute approximate surface area is 237 Å². The highest BCUT2D eigenvalue weighted by atomic mass is 79.9. The van der Waals surface area contributed by atoms with Gasteiger partial charge >= 0.3 is 0 Å². The summed E-state index contributed by atoms with van der Waals surface area (Å²) in [6, 6.07) is 11.2. The first-order chi connectivity index (χ1) is 19.0. The van der Waals surface area contributed by atoms with Crippen molar-refractivity contribution < 1.29 is 23.9 Å². The van der Waals surface area contributed by atoms with Crippen molar-refractivity contribution >= 4 is 39.6 Å². The van der Waals surface area contributed by atoms with E-state index in [-0.39, 0.29) is 35.6 Å². The van der Waals surface area contributed by atoms with Gasteiger partial charge in [-0.25, -0.2) is 0 Å². The van der Waals surface area contributed by atoms with Crippen LogP contribution in [0.5, 0.6) is 0 Å². The number of imide groups is 2. The fraction of sp³-hybridized carbons (Fsp3) is 0.467. The first-order valence-electron chi connectivity index (χ1n) is 13.8. The average molecular weight is 599 g/mol. The molecule has 5 rings (SSSR count). The van der Waals surface area contributed by atoms with Gasteiger partial charge in [0.25, 0.3) is 23.6 Å². The van der Waals surface area contributed by atoms with Crippen LogP contribution in [-0.2, 0) is 11.2 Å². The lowest BCUT2D eigenvalue weighted by Gasteiger charge is -2.32. The number of halogens is 1. The SMILES string of the molecule is CCCCC(c1cccc2c1C(=O)NC2=O)C1COCCN1.O=C1NC(=O)c2c(CCCCCBr)cccc21. The minimum absolute atomic E-state index is 0.187. The number of rotatable bonds is 10. The van der Waals surface area contributed by atoms with E-state index in [9.17, 15) is 19.2 Å². The molecule has 0 saturated carbocycles. The third kappa shape index (κ3) is 6.83. The molecule has 0 radical (unpaired) electrons. The maximum absolute atomic E-state index is 12.2. The second-order valence-electron chi connectivity index (χ2n) is 10.1. The standard InChI is InChI=1S/C17H22N2O3.C13H14BrNO2/c1-2-3-5-11(14-10-22-9-8-18-14)12-6-4-7-13-15(12)17(21)19-16(13)20;14-8-3-1-2-5-9-6-4-7-10-11(9)13(17)15-12(10)16/h4,6-7,11,14,18H,2-3,5,8-10H2,1H3,(H,19,20,21);4,6-7H,1-3,5,8H2,(H,15,16,17). The number of nitrogens with one attached hydrogen (secondary N) is 3. The smallest absolute Gasteiger partial charge is 0.259 e. The lowest BCUT2D eigenvalue weighted by molar-refractivity contribution is 0.0662. The van der Waals surface area contributed by atoms with E-state index < -0.39 is 0 Å². The molecule has 1 saturated heterocycles. The summed E-state index contributed by atoms with van der Waals surface area (Å²) in [5.41, 5.74) is 4.11. The lowest BCUT2D eigenvalue weighted by atomic mass is 9.83. The van der Waals surface area contributed by atoms with E-state index >= 15 is 0 Å². The van der Waals surface area contributed by atoms with Crippen LogP contribution in [0.15, 0.2) is 36.4 Å². The summed E-state index contributed by atoms with van der Waals surface area (Å²) in [4.78, 5) is 47.2. The van der Waals surface area contributed by atoms with Crippen LogP contribution in [0.2, 0.25) is 0 Å². The zero-order valence-corrected chi connectivity index (χ0v) is 23.9. The number of amides is 4. The van der Waals surface area contributed by atoms with Gasteiger partial charge in [0.1, 0.15) is 0 Å². The quantitative estimate of drug-likeness (QED) is 0.211. The van der Waals surface area contributed by atoms with Gasteiger partial charge in [-0.15, -0.1) is 0 Å². The van der Waals surface area contributed by atoms with Crippen molar-refractivity contribution in [3.8, 4) is 0 Å². The molecule has 1 fully saturated rings. The first-order valence-corrected chi connectivity index (χ1v) is 14.9. The van der Waals surface area contributed by atoms with Crippen molar-refractivity contribution in [3.63, 3.8) is 0 Å². The monoisotopic (exact) mass is 597 g/mol. The molecular formula is C30H36BrN3O5. The fourth-order valence-corrected chi connectivity index (χ4v) is 5.88. The van der Waals surface area contributed by atoms with Crippen LogP contribution in [0, 0.1) is 0 Å². The van der Waals surface area contributed by atoms with Gasteiger partial charge < -0.3 is 10.1 Å². The Morgan fingerprint density at radius 2 is 1.56 bits per heavy atom. The fourth-order valence-electron chi connectivity index (χ4n) is 5.48. The van der Waals surface area contributed by atoms with Crippen LogP contribution >= 0.6 is 15.9 Å². The van der Waals surface area contributed by atoms with Crippen molar-refractivity contribution in [1.29, 1.82) is 0 Å². The van der Waals surface area contributed by atoms with E-state index in [1.807, 2.05) is 24.3 Å². The van der Waals surface area contributed by atoms with Gasteiger partial charge in [0.2, 0.25) is 0 Å². The van der Waals surface area contributed by atoms with Crippen molar-refractivity contribution in [1.82, 2.24) is 16.0 Å². The number of ether oxygens (including phenoxy) is 1. The van der Waals surface area contributed by atoms with E-state index in [1.54, 1.807) is 12.1 Å². The van der Waals surface area contributed by atoms with Gasteiger partial charge in [0.05, 0.1) is 35.5 Å². The van der Waals surface area contributed by atoms with Crippen LogP contribution in [0.25, 0.3) is 0 Å². The van der Waals surface area contributed by atoms with Crippen LogP contribution in [0.3, 0.4) is 0 Å². The number of hydrogen-bond donors (Lipinski definition) is 3. The number of hydrogen-bond acceptors (Lipinski definition) is 6.